The molecule has 1 saturated heterocycles. The number of aromatic nitrogens is 2. The van der Waals surface area contributed by atoms with Crippen LogP contribution in [0.3, 0.4) is 0 Å². The molecule has 0 aliphatic carbocycles. The van der Waals surface area contributed by atoms with Gasteiger partial charge in [-0.1, -0.05) is 18.5 Å². The Morgan fingerprint density at radius 1 is 1.45 bits per heavy atom. The Morgan fingerprint density at radius 3 is 2.50 bits per heavy atom. The van der Waals surface area contributed by atoms with Crippen LogP contribution in [-0.4, -0.2) is 47.0 Å². The number of hydrogen-bond donors (Lipinski definition) is 3. The Morgan fingerprint density at radius 2 is 2.05 bits per heavy atom. The second-order valence-corrected chi connectivity index (χ2v) is 5.61. The lowest BCUT2D eigenvalue weighted by atomic mass is 9.79. The molecule has 0 atom stereocenters. The molecule has 4 N–H and O–H groups in total. The first kappa shape index (κ1) is 14.6. The maximum Gasteiger partial charge on any atom is 0.273 e. The van der Waals surface area contributed by atoms with Crippen LogP contribution in [0.1, 0.15) is 30.3 Å². The molecule has 1 aliphatic rings. The summed E-state index contributed by atoms with van der Waals surface area (Å²) in [6.45, 7) is 2.91. The average Bonchev–Trinajstić information content (AvgIpc) is 2.78. The highest BCUT2D eigenvalue weighted by atomic mass is 35.5. The van der Waals surface area contributed by atoms with Crippen LogP contribution >= 0.6 is 11.6 Å². The van der Waals surface area contributed by atoms with Gasteiger partial charge in [0.15, 0.2) is 5.82 Å². The van der Waals surface area contributed by atoms with E-state index in [9.17, 15) is 9.59 Å². The molecule has 0 saturated carbocycles. The third-order valence-electron chi connectivity index (χ3n) is 3.88. The van der Waals surface area contributed by atoms with Crippen molar-refractivity contribution in [1.82, 2.24) is 20.4 Å². The normalized spacial score (nSPS) is 17.9. The number of amides is 2. The summed E-state index contributed by atoms with van der Waals surface area (Å²) in [7, 11) is 1.62. The van der Waals surface area contributed by atoms with Crippen molar-refractivity contribution in [2.24, 2.45) is 5.41 Å². The first-order chi connectivity index (χ1) is 9.39. The van der Waals surface area contributed by atoms with E-state index in [1.807, 2.05) is 6.92 Å². The highest BCUT2D eigenvalue weighted by Gasteiger charge is 2.38. The molecule has 0 unspecified atom stereocenters. The van der Waals surface area contributed by atoms with E-state index in [-0.39, 0.29) is 28.3 Å². The molecule has 2 heterocycles. The Bertz CT molecular complexity index is 534. The molecule has 0 radical (unpaired) electrons. The van der Waals surface area contributed by atoms with Crippen LogP contribution in [0.5, 0.6) is 0 Å². The molecule has 1 aromatic rings. The quantitative estimate of drug-likeness (QED) is 0.745. The number of likely N-dealkylation sites (tertiary alicyclic amines) is 1. The van der Waals surface area contributed by atoms with Gasteiger partial charge in [0, 0.05) is 25.6 Å². The van der Waals surface area contributed by atoms with Gasteiger partial charge >= 0.3 is 0 Å². The lowest BCUT2D eigenvalue weighted by molar-refractivity contribution is -0.131. The van der Waals surface area contributed by atoms with Crippen LogP contribution < -0.4 is 11.1 Å². The number of nitrogens with zero attached hydrogens (tertiary/aromatic N) is 2. The zero-order chi connectivity index (χ0) is 14.9. The summed E-state index contributed by atoms with van der Waals surface area (Å²) in [5, 5.41) is 9.07. The summed E-state index contributed by atoms with van der Waals surface area (Å²) in [6.07, 6.45) is 1.22. The second-order valence-electron chi connectivity index (χ2n) is 5.23. The predicted molar refractivity (Wildman–Crippen MR) is 75.3 cm³/mol. The lowest BCUT2D eigenvalue weighted by Crippen LogP contribution is -2.48. The minimum Gasteiger partial charge on any atom is -0.381 e. The SMILES string of the molecule is CNC(=O)C1(C)CCN(C(=O)c2[nH]nc(N)c2Cl)CC1. The monoisotopic (exact) mass is 299 g/mol. The van der Waals surface area contributed by atoms with Gasteiger partial charge in [0.05, 0.1) is 0 Å². The van der Waals surface area contributed by atoms with E-state index in [0.29, 0.717) is 25.9 Å². The first-order valence-corrected chi connectivity index (χ1v) is 6.77. The smallest absolute Gasteiger partial charge is 0.273 e. The summed E-state index contributed by atoms with van der Waals surface area (Å²) in [6, 6.07) is 0. The molecule has 2 amide bonds. The van der Waals surface area contributed by atoms with Crippen molar-refractivity contribution in [1.29, 1.82) is 0 Å². The topological polar surface area (TPSA) is 104 Å². The number of nitrogens with two attached hydrogens (primary N) is 1. The summed E-state index contributed by atoms with van der Waals surface area (Å²) >= 11 is 5.92. The summed E-state index contributed by atoms with van der Waals surface area (Å²) in [5.41, 5.74) is 5.28. The van der Waals surface area contributed by atoms with Crippen molar-refractivity contribution in [2.75, 3.05) is 25.9 Å². The molecule has 8 heteroatoms. The number of H-pyrrole nitrogens is 1. The van der Waals surface area contributed by atoms with Crippen molar-refractivity contribution in [2.45, 2.75) is 19.8 Å². The molecule has 20 heavy (non-hydrogen) atoms. The maximum absolute atomic E-state index is 12.3. The van der Waals surface area contributed by atoms with Crippen molar-refractivity contribution in [3.63, 3.8) is 0 Å². The number of carbonyl (C=O) groups is 2. The first-order valence-electron chi connectivity index (χ1n) is 6.40. The zero-order valence-electron chi connectivity index (χ0n) is 11.5. The molecule has 0 bridgehead atoms. The van der Waals surface area contributed by atoms with Crippen molar-refractivity contribution < 1.29 is 9.59 Å². The predicted octanol–water partition coefficient (Wildman–Crippen LogP) is 0.634. The minimum atomic E-state index is -0.428. The van der Waals surface area contributed by atoms with Gasteiger partial charge in [-0.15, -0.1) is 0 Å². The van der Waals surface area contributed by atoms with Gasteiger partial charge in [-0.05, 0) is 12.8 Å². The molecular weight excluding hydrogens is 282 g/mol. The van der Waals surface area contributed by atoms with Gasteiger partial charge in [0.25, 0.3) is 5.91 Å². The minimum absolute atomic E-state index is 0.00779. The zero-order valence-corrected chi connectivity index (χ0v) is 12.3. The fraction of sp³-hybridized carbons (Fsp3) is 0.583. The number of carbonyl (C=O) groups excluding carboxylic acids is 2. The van der Waals surface area contributed by atoms with Crippen LogP contribution in [0.15, 0.2) is 0 Å². The van der Waals surface area contributed by atoms with Crippen molar-refractivity contribution in [3.8, 4) is 0 Å². The third kappa shape index (κ3) is 2.45. The van der Waals surface area contributed by atoms with E-state index < -0.39 is 5.41 Å². The molecule has 1 aromatic heterocycles. The van der Waals surface area contributed by atoms with E-state index in [1.54, 1.807) is 11.9 Å². The number of nitrogen functional groups attached to an aromatic ring is 1. The Labute approximate surface area is 121 Å². The number of piperidine rings is 1. The number of hydrogen-bond acceptors (Lipinski definition) is 4. The fourth-order valence-corrected chi connectivity index (χ4v) is 2.54. The van der Waals surface area contributed by atoms with Crippen LogP contribution in [0.2, 0.25) is 5.02 Å². The highest BCUT2D eigenvalue weighted by molar-refractivity contribution is 6.35. The van der Waals surface area contributed by atoms with Crippen LogP contribution in [0.4, 0.5) is 5.82 Å². The third-order valence-corrected chi connectivity index (χ3v) is 4.26. The van der Waals surface area contributed by atoms with Gasteiger partial charge in [0.2, 0.25) is 5.91 Å². The molecule has 0 spiro atoms. The van der Waals surface area contributed by atoms with Gasteiger partial charge in [-0.3, -0.25) is 14.7 Å². The summed E-state index contributed by atoms with van der Waals surface area (Å²) in [5.74, 6) is -0.117. The molecular formula is C12H18ClN5O2. The molecule has 0 aromatic carbocycles. The summed E-state index contributed by atoms with van der Waals surface area (Å²) < 4.78 is 0. The fourth-order valence-electron chi connectivity index (χ4n) is 2.37. The lowest BCUT2D eigenvalue weighted by Gasteiger charge is -2.37. The van der Waals surface area contributed by atoms with E-state index in [4.69, 9.17) is 17.3 Å². The number of aromatic amines is 1. The summed E-state index contributed by atoms with van der Waals surface area (Å²) in [4.78, 5) is 25.8. The number of anilines is 1. The molecule has 2 rings (SSSR count). The van der Waals surface area contributed by atoms with Gasteiger partial charge in [0.1, 0.15) is 10.7 Å². The molecule has 1 fully saturated rings. The van der Waals surface area contributed by atoms with Crippen LogP contribution in [0, 0.1) is 5.41 Å². The van der Waals surface area contributed by atoms with E-state index in [2.05, 4.69) is 15.5 Å². The Hall–Kier alpha value is -1.76. The largest absolute Gasteiger partial charge is 0.381 e. The van der Waals surface area contributed by atoms with Crippen LogP contribution in [0.25, 0.3) is 0 Å². The van der Waals surface area contributed by atoms with Gasteiger partial charge in [-0.2, -0.15) is 5.10 Å². The van der Waals surface area contributed by atoms with E-state index >= 15 is 0 Å². The van der Waals surface area contributed by atoms with Crippen molar-refractivity contribution in [3.05, 3.63) is 10.7 Å². The Kier molecular flexibility index (Phi) is 3.89. The number of halogens is 1. The van der Waals surface area contributed by atoms with E-state index in [0.717, 1.165) is 0 Å². The highest BCUT2D eigenvalue weighted by Crippen LogP contribution is 2.32. The van der Waals surface area contributed by atoms with Crippen LogP contribution in [-0.2, 0) is 4.79 Å². The van der Waals surface area contributed by atoms with Gasteiger partial charge < -0.3 is 16.0 Å². The second kappa shape index (κ2) is 5.32. The van der Waals surface area contributed by atoms with Crippen molar-refractivity contribution >= 4 is 29.2 Å². The molecule has 7 nitrogen and oxygen atoms in total. The van der Waals surface area contributed by atoms with Gasteiger partial charge in [-0.25, -0.2) is 0 Å². The molecule has 1 aliphatic heterocycles. The number of nitrogens with one attached hydrogen (secondary N) is 2. The Balaban J connectivity index is 2.06. The van der Waals surface area contributed by atoms with E-state index in [1.165, 1.54) is 0 Å². The maximum atomic E-state index is 12.3. The molecule has 110 valence electrons. The standard InChI is InChI=1S/C12H18ClN5O2/c1-12(11(20)15-2)3-5-18(6-4-12)10(19)8-7(13)9(14)17-16-8/h3-6H2,1-2H3,(H,15,20)(H3,14,16,17). The average molecular weight is 300 g/mol. The number of rotatable bonds is 2.